The van der Waals surface area contributed by atoms with Gasteiger partial charge in [-0.25, -0.2) is 4.99 Å². The maximum Gasteiger partial charge on any atom is 0.246 e. The van der Waals surface area contributed by atoms with Gasteiger partial charge in [0, 0.05) is 24.0 Å². The van der Waals surface area contributed by atoms with Gasteiger partial charge in [-0.2, -0.15) is 0 Å². The van der Waals surface area contributed by atoms with Crippen LogP contribution in [-0.4, -0.2) is 25.5 Å². The number of methoxy groups -OCH3 is 1. The highest BCUT2D eigenvalue weighted by molar-refractivity contribution is 5.97. The zero-order valence-electron chi connectivity index (χ0n) is 14.6. The molecule has 0 aromatic heterocycles. The lowest BCUT2D eigenvalue weighted by molar-refractivity contribution is -0.114. The van der Waals surface area contributed by atoms with E-state index < -0.39 is 0 Å². The number of nitrogens with zero attached hydrogens (tertiary/aromatic N) is 1. The first-order chi connectivity index (χ1) is 12.1. The van der Waals surface area contributed by atoms with Crippen molar-refractivity contribution in [3.05, 3.63) is 59.7 Å². The highest BCUT2D eigenvalue weighted by Crippen LogP contribution is 2.15. The number of rotatable bonds is 7. The number of benzene rings is 2. The van der Waals surface area contributed by atoms with Crippen LogP contribution in [0.2, 0.25) is 0 Å². The molecule has 0 aliphatic rings. The number of nitrogens with two attached hydrogens (primary N) is 1. The predicted octanol–water partition coefficient (Wildman–Crippen LogP) is 2.76. The lowest BCUT2D eigenvalue weighted by atomic mass is 10.1. The first-order valence-corrected chi connectivity index (χ1v) is 8.15. The van der Waals surface area contributed by atoms with Gasteiger partial charge in [0.2, 0.25) is 5.91 Å². The molecule has 0 saturated heterocycles. The van der Waals surface area contributed by atoms with E-state index in [0.717, 1.165) is 28.9 Å². The smallest absolute Gasteiger partial charge is 0.246 e. The molecule has 25 heavy (non-hydrogen) atoms. The average Bonchev–Trinajstić information content (AvgIpc) is 2.62. The van der Waals surface area contributed by atoms with Crippen molar-refractivity contribution in [2.75, 3.05) is 24.3 Å². The molecule has 0 aliphatic heterocycles. The number of guanidine groups is 1. The zero-order valence-corrected chi connectivity index (χ0v) is 14.6. The minimum absolute atomic E-state index is 0.0539. The molecular weight excluding hydrogens is 316 g/mol. The quantitative estimate of drug-likeness (QED) is 0.534. The fourth-order valence-corrected chi connectivity index (χ4v) is 2.33. The highest BCUT2D eigenvalue weighted by Gasteiger charge is 2.05. The first-order valence-electron chi connectivity index (χ1n) is 8.15. The monoisotopic (exact) mass is 340 g/mol. The fraction of sp³-hybridized carbons (Fsp3) is 0.263. The molecule has 0 spiro atoms. The summed E-state index contributed by atoms with van der Waals surface area (Å²) < 4.78 is 5.15. The third kappa shape index (κ3) is 5.93. The number of carbonyl (C=O) groups excluding carboxylic acids is 1. The fourth-order valence-electron chi connectivity index (χ4n) is 2.33. The number of hydrogen-bond acceptors (Lipinski definition) is 3. The molecule has 6 nitrogen and oxygen atoms in total. The molecule has 132 valence electrons. The second kappa shape index (κ2) is 9.44. The third-order valence-electron chi connectivity index (χ3n) is 3.59. The van der Waals surface area contributed by atoms with Crippen molar-refractivity contribution in [2.24, 2.45) is 10.7 Å². The van der Waals surface area contributed by atoms with Crippen LogP contribution in [0.5, 0.6) is 0 Å². The van der Waals surface area contributed by atoms with Gasteiger partial charge in [0.25, 0.3) is 0 Å². The molecule has 0 unspecified atom stereocenters. The standard InChI is InChI=1S/C19H24N4O2/c1-3-14-7-6-9-16(11-14)22-18(24)12-21-19(20)23-17-10-5-4-8-15(17)13-25-2/h4-11H,3,12-13H2,1-2H3,(H,22,24)(H3,20,21,23). The van der Waals surface area contributed by atoms with Crippen molar-refractivity contribution in [3.63, 3.8) is 0 Å². The predicted molar refractivity (Wildman–Crippen MR) is 102 cm³/mol. The molecule has 2 aromatic carbocycles. The molecule has 0 radical (unpaired) electrons. The summed E-state index contributed by atoms with van der Waals surface area (Å²) >= 11 is 0. The van der Waals surface area contributed by atoms with E-state index in [4.69, 9.17) is 10.5 Å². The molecule has 0 atom stereocenters. The van der Waals surface area contributed by atoms with Crippen LogP contribution >= 0.6 is 0 Å². The Morgan fingerprint density at radius 2 is 1.96 bits per heavy atom. The van der Waals surface area contributed by atoms with E-state index in [1.807, 2.05) is 48.5 Å². The Labute approximate surface area is 148 Å². The Kier molecular flexibility index (Phi) is 6.98. The van der Waals surface area contributed by atoms with Crippen molar-refractivity contribution < 1.29 is 9.53 Å². The van der Waals surface area contributed by atoms with Gasteiger partial charge in [-0.1, -0.05) is 37.3 Å². The van der Waals surface area contributed by atoms with Crippen molar-refractivity contribution >= 4 is 23.2 Å². The van der Waals surface area contributed by atoms with Crippen LogP contribution in [0.25, 0.3) is 0 Å². The average molecular weight is 340 g/mol. The number of nitrogens with one attached hydrogen (secondary N) is 2. The molecule has 4 N–H and O–H groups in total. The van der Waals surface area contributed by atoms with Gasteiger partial charge < -0.3 is 21.1 Å². The maximum atomic E-state index is 12.0. The third-order valence-corrected chi connectivity index (χ3v) is 3.59. The summed E-state index contributed by atoms with van der Waals surface area (Å²) in [7, 11) is 1.63. The van der Waals surface area contributed by atoms with Gasteiger partial charge in [-0.05, 0) is 30.2 Å². The van der Waals surface area contributed by atoms with Crippen LogP contribution < -0.4 is 16.4 Å². The van der Waals surface area contributed by atoms with Crippen molar-refractivity contribution in [1.82, 2.24) is 0 Å². The van der Waals surface area contributed by atoms with E-state index in [1.165, 1.54) is 0 Å². The number of aryl methyl sites for hydroxylation is 1. The summed E-state index contributed by atoms with van der Waals surface area (Å²) in [6.45, 7) is 2.48. The van der Waals surface area contributed by atoms with Crippen molar-refractivity contribution in [1.29, 1.82) is 0 Å². The van der Waals surface area contributed by atoms with E-state index in [0.29, 0.717) is 6.61 Å². The Morgan fingerprint density at radius 3 is 2.72 bits per heavy atom. The number of para-hydroxylation sites is 1. The SMILES string of the molecule is CCc1cccc(NC(=O)CN=C(N)Nc2ccccc2COC)c1. The molecule has 2 aromatic rings. The van der Waals surface area contributed by atoms with Crippen LogP contribution in [0.15, 0.2) is 53.5 Å². The van der Waals surface area contributed by atoms with Gasteiger partial charge in [-0.15, -0.1) is 0 Å². The second-order valence-corrected chi connectivity index (χ2v) is 5.52. The van der Waals surface area contributed by atoms with Gasteiger partial charge in [-0.3, -0.25) is 4.79 Å². The topological polar surface area (TPSA) is 88.7 Å². The van der Waals surface area contributed by atoms with E-state index >= 15 is 0 Å². The summed E-state index contributed by atoms with van der Waals surface area (Å²) in [5.41, 5.74) is 9.57. The Hall–Kier alpha value is -2.86. The molecule has 1 amide bonds. The van der Waals surface area contributed by atoms with Crippen LogP contribution in [0.1, 0.15) is 18.1 Å². The van der Waals surface area contributed by atoms with Gasteiger partial charge in [0.15, 0.2) is 5.96 Å². The number of hydrogen-bond donors (Lipinski definition) is 3. The van der Waals surface area contributed by atoms with Crippen LogP contribution in [0.4, 0.5) is 11.4 Å². The van der Waals surface area contributed by atoms with Crippen LogP contribution in [0.3, 0.4) is 0 Å². The summed E-state index contributed by atoms with van der Waals surface area (Å²) in [5, 5.41) is 5.82. The number of aliphatic imine (C=N–C) groups is 1. The minimum Gasteiger partial charge on any atom is -0.380 e. The maximum absolute atomic E-state index is 12.0. The van der Waals surface area contributed by atoms with Gasteiger partial charge in [0.05, 0.1) is 6.61 Å². The van der Waals surface area contributed by atoms with E-state index in [1.54, 1.807) is 7.11 Å². The molecule has 2 rings (SSSR count). The van der Waals surface area contributed by atoms with Crippen molar-refractivity contribution in [2.45, 2.75) is 20.0 Å². The number of anilines is 2. The second-order valence-electron chi connectivity index (χ2n) is 5.52. The Morgan fingerprint density at radius 1 is 1.16 bits per heavy atom. The number of carbonyl (C=O) groups is 1. The molecule has 6 heteroatoms. The lowest BCUT2D eigenvalue weighted by Crippen LogP contribution is -2.26. The normalized spacial score (nSPS) is 11.2. The van der Waals surface area contributed by atoms with Gasteiger partial charge >= 0.3 is 0 Å². The molecule has 0 aliphatic carbocycles. The summed E-state index contributed by atoms with van der Waals surface area (Å²) in [4.78, 5) is 16.1. The molecular formula is C19H24N4O2. The van der Waals surface area contributed by atoms with E-state index in [9.17, 15) is 4.79 Å². The largest absolute Gasteiger partial charge is 0.380 e. The summed E-state index contributed by atoms with van der Waals surface area (Å²) in [6, 6.07) is 15.4. The molecule has 0 fully saturated rings. The minimum atomic E-state index is -0.219. The van der Waals surface area contributed by atoms with E-state index in [2.05, 4.69) is 22.5 Å². The number of ether oxygens (including phenoxy) is 1. The number of amides is 1. The first kappa shape index (κ1) is 18.5. The van der Waals surface area contributed by atoms with E-state index in [-0.39, 0.29) is 18.4 Å². The van der Waals surface area contributed by atoms with Crippen LogP contribution in [-0.2, 0) is 22.6 Å². The molecule has 0 heterocycles. The highest BCUT2D eigenvalue weighted by atomic mass is 16.5. The van der Waals surface area contributed by atoms with Gasteiger partial charge in [0.1, 0.15) is 6.54 Å². The van der Waals surface area contributed by atoms with Crippen LogP contribution in [0, 0.1) is 0 Å². The zero-order chi connectivity index (χ0) is 18.1. The molecule has 0 bridgehead atoms. The lowest BCUT2D eigenvalue weighted by Gasteiger charge is -2.11. The summed E-state index contributed by atoms with van der Waals surface area (Å²) in [5.74, 6) is -0.0378. The summed E-state index contributed by atoms with van der Waals surface area (Å²) in [6.07, 6.45) is 0.916. The van der Waals surface area contributed by atoms with Crippen molar-refractivity contribution in [3.8, 4) is 0 Å². The Balaban J connectivity index is 1.93. The molecule has 0 saturated carbocycles. The Bertz CT molecular complexity index is 744.